The first-order valence-electron chi connectivity index (χ1n) is 6.79. The molecule has 0 fully saturated rings. The molecule has 2 N–H and O–H groups in total. The van der Waals surface area contributed by atoms with Crippen LogP contribution >= 0.6 is 11.6 Å². The molecular formula is C15H21ClN2O3. The number of hydrogen-bond acceptors (Lipinski definition) is 3. The van der Waals surface area contributed by atoms with Gasteiger partial charge in [0.05, 0.1) is 19.6 Å². The lowest BCUT2D eigenvalue weighted by Crippen LogP contribution is -2.40. The van der Waals surface area contributed by atoms with Crippen LogP contribution in [0.5, 0.6) is 0 Å². The average Bonchev–Trinajstić information content (AvgIpc) is 2.44. The Balaban J connectivity index is 2.80. The van der Waals surface area contributed by atoms with Crippen LogP contribution < -0.4 is 10.6 Å². The summed E-state index contributed by atoms with van der Waals surface area (Å²) in [5.74, 6) is -0.0702. The fourth-order valence-electron chi connectivity index (χ4n) is 1.75. The molecule has 0 bridgehead atoms. The van der Waals surface area contributed by atoms with Crippen LogP contribution in [0.4, 0.5) is 4.79 Å². The first-order chi connectivity index (χ1) is 9.93. The number of halogens is 1. The van der Waals surface area contributed by atoms with Crippen molar-refractivity contribution in [2.45, 2.75) is 26.3 Å². The number of rotatable bonds is 6. The third kappa shape index (κ3) is 6.04. The van der Waals surface area contributed by atoms with Crippen LogP contribution in [0, 0.1) is 5.92 Å². The lowest BCUT2D eigenvalue weighted by molar-refractivity contribution is -0.141. The zero-order valence-corrected chi connectivity index (χ0v) is 13.2. The van der Waals surface area contributed by atoms with Gasteiger partial charge in [0, 0.05) is 11.6 Å². The Bertz CT molecular complexity index is 492. The van der Waals surface area contributed by atoms with Gasteiger partial charge in [0.1, 0.15) is 0 Å². The third-order valence-electron chi connectivity index (χ3n) is 2.86. The first-order valence-corrected chi connectivity index (χ1v) is 7.17. The van der Waals surface area contributed by atoms with E-state index in [1.54, 1.807) is 24.3 Å². The minimum absolute atomic E-state index is 0.0231. The molecule has 0 aliphatic carbocycles. The number of nitrogens with one attached hydrogen (secondary N) is 2. The Morgan fingerprint density at radius 2 is 1.95 bits per heavy atom. The first kappa shape index (κ1) is 17.3. The number of amides is 2. The second-order valence-electron chi connectivity index (χ2n) is 5.10. The fraction of sp³-hybridized carbons (Fsp3) is 0.467. The molecule has 2 amide bonds. The molecule has 0 aliphatic rings. The zero-order chi connectivity index (χ0) is 15.8. The molecule has 0 aliphatic heterocycles. The van der Waals surface area contributed by atoms with Gasteiger partial charge in [-0.2, -0.15) is 0 Å². The third-order valence-corrected chi connectivity index (χ3v) is 3.20. The van der Waals surface area contributed by atoms with E-state index in [9.17, 15) is 9.59 Å². The zero-order valence-electron chi connectivity index (χ0n) is 12.5. The van der Waals surface area contributed by atoms with Gasteiger partial charge >= 0.3 is 12.0 Å². The molecule has 0 aromatic heterocycles. The van der Waals surface area contributed by atoms with Gasteiger partial charge in [0.2, 0.25) is 0 Å². The predicted molar refractivity (Wildman–Crippen MR) is 82.2 cm³/mol. The van der Waals surface area contributed by atoms with E-state index in [2.05, 4.69) is 15.4 Å². The molecule has 116 valence electrons. The summed E-state index contributed by atoms with van der Waals surface area (Å²) in [6, 6.07) is 6.22. The SMILES string of the molecule is COC(=O)CC(NC(=O)NCC(C)C)c1ccccc1Cl. The van der Waals surface area contributed by atoms with Gasteiger partial charge in [-0.3, -0.25) is 4.79 Å². The van der Waals surface area contributed by atoms with E-state index >= 15 is 0 Å². The highest BCUT2D eigenvalue weighted by atomic mass is 35.5. The number of urea groups is 1. The number of ether oxygens (including phenoxy) is 1. The molecule has 21 heavy (non-hydrogen) atoms. The van der Waals surface area contributed by atoms with Crippen LogP contribution in [-0.4, -0.2) is 25.7 Å². The minimum Gasteiger partial charge on any atom is -0.469 e. The second-order valence-corrected chi connectivity index (χ2v) is 5.51. The predicted octanol–water partition coefficient (Wildman–Crippen LogP) is 2.90. The smallest absolute Gasteiger partial charge is 0.315 e. The lowest BCUT2D eigenvalue weighted by atomic mass is 10.0. The number of benzene rings is 1. The van der Waals surface area contributed by atoms with Gasteiger partial charge in [0.25, 0.3) is 0 Å². The number of carbonyl (C=O) groups excluding carboxylic acids is 2. The van der Waals surface area contributed by atoms with E-state index in [0.29, 0.717) is 23.0 Å². The van der Waals surface area contributed by atoms with Crippen molar-refractivity contribution in [3.8, 4) is 0 Å². The Morgan fingerprint density at radius 3 is 2.52 bits per heavy atom. The summed E-state index contributed by atoms with van der Waals surface area (Å²) in [6.45, 7) is 4.56. The summed E-state index contributed by atoms with van der Waals surface area (Å²) in [5.41, 5.74) is 0.685. The van der Waals surface area contributed by atoms with E-state index in [0.717, 1.165) is 0 Å². The van der Waals surface area contributed by atoms with Gasteiger partial charge in [0.15, 0.2) is 0 Å². The standard InChI is InChI=1S/C15H21ClN2O3/c1-10(2)9-17-15(20)18-13(8-14(19)21-3)11-6-4-5-7-12(11)16/h4-7,10,13H,8-9H2,1-3H3,(H2,17,18,20). The second kappa shape index (κ2) is 8.52. The number of carbonyl (C=O) groups is 2. The topological polar surface area (TPSA) is 67.4 Å². The number of methoxy groups -OCH3 is 1. The maximum atomic E-state index is 11.9. The summed E-state index contributed by atoms with van der Waals surface area (Å²) in [5, 5.41) is 6.00. The van der Waals surface area contributed by atoms with E-state index in [1.165, 1.54) is 7.11 Å². The van der Waals surface area contributed by atoms with Crippen molar-refractivity contribution in [3.05, 3.63) is 34.9 Å². The van der Waals surface area contributed by atoms with E-state index in [-0.39, 0.29) is 12.5 Å². The quantitative estimate of drug-likeness (QED) is 0.794. The van der Waals surface area contributed by atoms with Crippen molar-refractivity contribution < 1.29 is 14.3 Å². The molecular weight excluding hydrogens is 292 g/mol. The lowest BCUT2D eigenvalue weighted by Gasteiger charge is -2.20. The molecule has 0 spiro atoms. The van der Waals surface area contributed by atoms with Crippen LogP contribution in [0.15, 0.2) is 24.3 Å². The van der Waals surface area contributed by atoms with Gasteiger partial charge in [-0.1, -0.05) is 43.6 Å². The molecule has 1 aromatic rings. The van der Waals surface area contributed by atoms with Crippen LogP contribution in [0.3, 0.4) is 0 Å². The highest BCUT2D eigenvalue weighted by Crippen LogP contribution is 2.25. The molecule has 1 atom stereocenters. The van der Waals surface area contributed by atoms with Crippen molar-refractivity contribution in [2.75, 3.05) is 13.7 Å². The maximum Gasteiger partial charge on any atom is 0.315 e. The molecule has 1 aromatic carbocycles. The van der Waals surface area contributed by atoms with Crippen molar-refractivity contribution in [2.24, 2.45) is 5.92 Å². The summed E-state index contributed by atoms with van der Waals surface area (Å²) < 4.78 is 4.67. The van der Waals surface area contributed by atoms with Crippen LogP contribution in [-0.2, 0) is 9.53 Å². The van der Waals surface area contributed by atoms with Crippen molar-refractivity contribution in [1.82, 2.24) is 10.6 Å². The molecule has 0 saturated carbocycles. The van der Waals surface area contributed by atoms with Gasteiger partial charge in [-0.25, -0.2) is 4.79 Å². The maximum absolute atomic E-state index is 11.9. The Hall–Kier alpha value is -1.75. The molecule has 1 rings (SSSR count). The molecule has 1 unspecified atom stereocenters. The number of esters is 1. The van der Waals surface area contributed by atoms with Crippen LogP contribution in [0.2, 0.25) is 5.02 Å². The highest BCUT2D eigenvalue weighted by Gasteiger charge is 2.20. The fourth-order valence-corrected chi connectivity index (χ4v) is 2.02. The largest absolute Gasteiger partial charge is 0.469 e. The van der Waals surface area contributed by atoms with Crippen molar-refractivity contribution in [1.29, 1.82) is 0 Å². The van der Waals surface area contributed by atoms with Gasteiger partial charge in [-0.05, 0) is 17.5 Å². The van der Waals surface area contributed by atoms with Crippen LogP contribution in [0.25, 0.3) is 0 Å². The van der Waals surface area contributed by atoms with Gasteiger partial charge in [-0.15, -0.1) is 0 Å². The van der Waals surface area contributed by atoms with E-state index in [4.69, 9.17) is 11.6 Å². The van der Waals surface area contributed by atoms with Crippen molar-refractivity contribution >= 4 is 23.6 Å². The molecule has 0 radical (unpaired) electrons. The highest BCUT2D eigenvalue weighted by molar-refractivity contribution is 6.31. The summed E-state index contributed by atoms with van der Waals surface area (Å²) in [7, 11) is 1.31. The number of hydrogen-bond donors (Lipinski definition) is 2. The van der Waals surface area contributed by atoms with Crippen molar-refractivity contribution in [3.63, 3.8) is 0 Å². The monoisotopic (exact) mass is 312 g/mol. The normalized spacial score (nSPS) is 11.9. The summed E-state index contributed by atoms with van der Waals surface area (Å²) in [4.78, 5) is 23.4. The molecule has 0 heterocycles. The molecule has 6 heteroatoms. The molecule has 5 nitrogen and oxygen atoms in total. The van der Waals surface area contributed by atoms with E-state index < -0.39 is 12.0 Å². The summed E-state index contributed by atoms with van der Waals surface area (Å²) in [6.07, 6.45) is 0.0231. The minimum atomic E-state index is -0.529. The van der Waals surface area contributed by atoms with Crippen LogP contribution in [0.1, 0.15) is 31.9 Å². The van der Waals surface area contributed by atoms with E-state index in [1.807, 2.05) is 13.8 Å². The molecule has 0 saturated heterocycles. The average molecular weight is 313 g/mol. The summed E-state index contributed by atoms with van der Waals surface area (Å²) >= 11 is 6.13. The van der Waals surface area contributed by atoms with Gasteiger partial charge < -0.3 is 15.4 Å². The Kier molecular flexibility index (Phi) is 7.02. The Morgan fingerprint density at radius 1 is 1.29 bits per heavy atom. The Labute approximate surface area is 130 Å².